The van der Waals surface area contributed by atoms with Crippen molar-refractivity contribution in [2.24, 2.45) is 16.0 Å². The fourth-order valence-corrected chi connectivity index (χ4v) is 16.6. The van der Waals surface area contributed by atoms with Gasteiger partial charge in [0.15, 0.2) is 5.78 Å². The van der Waals surface area contributed by atoms with Crippen LogP contribution >= 0.6 is 46.4 Å². The Kier molecular flexibility index (Phi) is 35.5. The molecule has 37 heteroatoms. The molecular formula is C102H90Cl4N20O13. The van der Waals surface area contributed by atoms with Crippen molar-refractivity contribution in [3.05, 3.63) is 411 Å². The van der Waals surface area contributed by atoms with Gasteiger partial charge in [-0.15, -0.1) is 0 Å². The molecule has 0 spiro atoms. The standard InChI is InChI=1S/C31H26ClN7O4.C31H25ClN4O3.C24H24N4O3.C9H12N2O2.C7H3Cl2N3O/c1-43-31(42)27(18-23-6-2-4-13-34-23)39(30(41)25-11-9-22(32)17-26(25)36-37-33)19-20-8-10-24-21(16-20)12-15-38(29(24)40)28-7-3-5-14-35-28;32-23-8-10-26-22(16-23)17-28(37)27(18-24-5-1-3-12-33-24)36(31(26)39)19-20-7-9-25-21(15-20)11-14-35(30(25)38)29-6-2-4-13-34-29;1-31-24(30)21(15-19-6-2-4-11-25-19)27-16-17-8-9-20-18(14-17)10-13-28(23(20)29)22-7-3-5-12-26-22;1-13-9(12)8(10)6-7-4-2-3-5-11-7;8-4-1-2-5(7(9)13)6(3-4)11-12-10/h2-11,13-14,16-17,27H,12,15,18-19H2,1H3;1-10,12-13,15-16,27H,11,14,17-19H2;2-9,11-12,14,21,27H,10,13,15-16H2,1H3;2-5,8H,6,10H2,1H3;1-3H/t2*27-;21-;8-;/m1111./s1. The van der Waals surface area contributed by atoms with E-state index in [1.165, 1.54) is 62.6 Å². The summed E-state index contributed by atoms with van der Waals surface area (Å²) >= 11 is 23.2. The van der Waals surface area contributed by atoms with E-state index in [1.54, 1.807) is 124 Å². The highest BCUT2D eigenvalue weighted by molar-refractivity contribution is 6.68. The number of halogens is 4. The molecule has 139 heavy (non-hydrogen) atoms. The van der Waals surface area contributed by atoms with Gasteiger partial charge in [-0.3, -0.25) is 83.1 Å². The van der Waals surface area contributed by atoms with Gasteiger partial charge in [-0.05, 0) is 239 Å². The van der Waals surface area contributed by atoms with Gasteiger partial charge in [-0.2, -0.15) is 0 Å². The summed E-state index contributed by atoms with van der Waals surface area (Å²) < 4.78 is 14.6. The molecule has 4 aliphatic rings. The molecule has 17 rings (SSSR count). The Morgan fingerprint density at radius 1 is 0.453 bits per heavy atom. The molecule has 4 atom stereocenters. The molecule has 4 aliphatic heterocycles. The molecule has 0 radical (unpaired) electrons. The third-order valence-electron chi connectivity index (χ3n) is 22.8. The number of rotatable bonds is 26. The summed E-state index contributed by atoms with van der Waals surface area (Å²) in [5, 5.41) is 10.7. The predicted octanol–water partition coefficient (Wildman–Crippen LogP) is 16.8. The van der Waals surface area contributed by atoms with Crippen LogP contribution in [0, 0.1) is 0 Å². The number of amides is 5. The number of azide groups is 2. The lowest BCUT2D eigenvalue weighted by Crippen LogP contribution is -2.46. The van der Waals surface area contributed by atoms with Crippen LogP contribution < -0.4 is 25.8 Å². The third kappa shape index (κ3) is 26.5. The Labute approximate surface area is 818 Å². The number of ether oxygens (including phenoxy) is 3. The first-order valence-electron chi connectivity index (χ1n) is 43.6. The van der Waals surface area contributed by atoms with Crippen LogP contribution in [0.4, 0.5) is 28.8 Å². The van der Waals surface area contributed by atoms with Crippen LogP contribution in [-0.4, -0.2) is 168 Å². The van der Waals surface area contributed by atoms with Crippen molar-refractivity contribution in [3.8, 4) is 0 Å². The summed E-state index contributed by atoms with van der Waals surface area (Å²) in [6.07, 6.45) is 15.0. The number of benzene rings is 6. The van der Waals surface area contributed by atoms with Crippen LogP contribution in [0.1, 0.15) is 124 Å². The number of carbonyl (C=O) groups is 10. The van der Waals surface area contributed by atoms with Crippen molar-refractivity contribution < 1.29 is 62.2 Å². The number of pyridine rings is 7. The number of carbonyl (C=O) groups excluding carboxylic acids is 10. The van der Waals surface area contributed by atoms with Crippen molar-refractivity contribution in [1.29, 1.82) is 0 Å². The molecule has 0 fully saturated rings. The van der Waals surface area contributed by atoms with E-state index in [9.17, 15) is 47.9 Å². The molecule has 704 valence electrons. The normalized spacial score (nSPS) is 13.9. The van der Waals surface area contributed by atoms with Crippen molar-refractivity contribution in [3.63, 3.8) is 0 Å². The second-order valence-electron chi connectivity index (χ2n) is 31.7. The number of fused-ring (bicyclic) bond motifs is 4. The van der Waals surface area contributed by atoms with Crippen molar-refractivity contribution in [2.45, 2.75) is 95.2 Å². The molecule has 7 aromatic heterocycles. The Morgan fingerprint density at radius 2 is 0.856 bits per heavy atom. The van der Waals surface area contributed by atoms with E-state index in [2.05, 4.69) is 65.0 Å². The first-order valence-corrected chi connectivity index (χ1v) is 45.1. The maximum atomic E-state index is 14.2. The minimum Gasteiger partial charge on any atom is -0.468 e. The number of anilines is 3. The quantitative estimate of drug-likeness (QED) is 0.0127. The topological polar surface area (TPSA) is 440 Å². The first-order chi connectivity index (χ1) is 67.4. The average Bonchev–Trinajstić information content (AvgIpc) is 0.939. The van der Waals surface area contributed by atoms with Gasteiger partial charge in [0.1, 0.15) is 35.6 Å². The molecular weight excluding hydrogens is 1860 g/mol. The molecule has 0 bridgehead atoms. The monoisotopic (exact) mass is 1940 g/mol. The van der Waals surface area contributed by atoms with Crippen LogP contribution in [0.15, 0.2) is 290 Å². The van der Waals surface area contributed by atoms with Crippen molar-refractivity contribution >= 4 is 134 Å². The first kappa shape index (κ1) is 101. The van der Waals surface area contributed by atoms with Gasteiger partial charge in [0, 0.05) is 196 Å². The fourth-order valence-electron chi connectivity index (χ4n) is 15.9. The SMILES string of the molecule is COC(=O)[C@@H](Cc1ccccn1)N(Cc1ccc2c(c1)CCN(c1ccccn1)C2=O)C(=O)c1ccc(Cl)cc1N=[N+]=[N-].COC(=O)[C@@H](Cc1ccccn1)NCc1ccc2c(c1)CCN(c1ccccn1)C2=O.COC(=O)[C@H](N)Cc1ccccn1.O=C1Cc2cc(Cl)ccc2C(=O)N(Cc2ccc3c(c2)CCN(c2ccccn2)C3=O)[C@@H]1Cc1ccccn1.[N-]=[N+]=Nc1cc(Cl)ccc1C(=O)Cl. The zero-order valence-electron chi connectivity index (χ0n) is 75.2. The number of hydrogen-bond acceptors (Lipinski definition) is 24. The number of nitrogens with one attached hydrogen (secondary N) is 1. The molecule has 3 N–H and O–H groups in total. The van der Waals surface area contributed by atoms with E-state index in [4.69, 9.17) is 72.7 Å². The van der Waals surface area contributed by atoms with Crippen LogP contribution in [0.2, 0.25) is 15.1 Å². The molecule has 33 nitrogen and oxygen atoms in total. The molecule has 5 amide bonds. The predicted molar refractivity (Wildman–Crippen MR) is 523 cm³/mol. The third-order valence-corrected chi connectivity index (χ3v) is 23.7. The number of ketones is 1. The minimum absolute atomic E-state index is 0.00477. The van der Waals surface area contributed by atoms with Crippen LogP contribution in [-0.2, 0) is 104 Å². The van der Waals surface area contributed by atoms with Gasteiger partial charge < -0.3 is 29.7 Å². The molecule has 13 aromatic rings. The van der Waals surface area contributed by atoms with Crippen molar-refractivity contribution in [2.75, 3.05) is 55.7 Å². The molecule has 6 aromatic carbocycles. The van der Waals surface area contributed by atoms with E-state index in [1.807, 2.05) is 140 Å². The minimum atomic E-state index is -1.07. The maximum Gasteiger partial charge on any atom is 0.329 e. The fraction of sp³-hybridized carbons (Fsp3) is 0.206. The number of esters is 3. The van der Waals surface area contributed by atoms with Crippen molar-refractivity contribution in [1.82, 2.24) is 50.0 Å². The van der Waals surface area contributed by atoms with Gasteiger partial charge in [0.25, 0.3) is 34.8 Å². The number of hydrogen-bond donors (Lipinski definition) is 2. The summed E-state index contributed by atoms with van der Waals surface area (Å²) in [6.45, 7) is 2.26. The second kappa shape index (κ2) is 49.1. The zero-order valence-corrected chi connectivity index (χ0v) is 78.2. The number of aromatic nitrogens is 7. The lowest BCUT2D eigenvalue weighted by molar-refractivity contribution is -0.146. The summed E-state index contributed by atoms with van der Waals surface area (Å²) in [6, 6.07) is 66.1. The molecule has 0 saturated carbocycles. The largest absolute Gasteiger partial charge is 0.468 e. The number of Topliss-reactive ketones (excluding diaryl/α,β-unsaturated/α-hetero) is 1. The second-order valence-corrected chi connectivity index (χ2v) is 33.3. The summed E-state index contributed by atoms with van der Waals surface area (Å²) in [5.41, 5.74) is 34.4. The molecule has 0 saturated heterocycles. The smallest absolute Gasteiger partial charge is 0.329 e. The number of nitrogens with zero attached hydrogens (tertiary/aromatic N) is 18. The zero-order chi connectivity index (χ0) is 98.4. The van der Waals surface area contributed by atoms with E-state index >= 15 is 0 Å². The lowest BCUT2D eigenvalue weighted by atomic mass is 9.95. The highest BCUT2D eigenvalue weighted by Gasteiger charge is 2.39. The average molecular weight is 1950 g/mol. The van der Waals surface area contributed by atoms with E-state index in [0.717, 1.165) is 51.3 Å². The summed E-state index contributed by atoms with van der Waals surface area (Å²) in [7, 11) is 3.95. The van der Waals surface area contributed by atoms with E-state index < -0.39 is 47.3 Å². The Morgan fingerprint density at radius 3 is 1.32 bits per heavy atom. The molecule has 0 aliphatic carbocycles. The van der Waals surface area contributed by atoms with Gasteiger partial charge in [-0.25, -0.2) is 19.7 Å². The van der Waals surface area contributed by atoms with Crippen LogP contribution in [0.5, 0.6) is 0 Å². The highest BCUT2D eigenvalue weighted by atomic mass is 35.5. The van der Waals surface area contributed by atoms with E-state index in [0.29, 0.717) is 125 Å². The molecule has 11 heterocycles. The van der Waals surface area contributed by atoms with Gasteiger partial charge in [0.05, 0.1) is 38.7 Å². The summed E-state index contributed by atoms with van der Waals surface area (Å²) in [4.78, 5) is 172. The Balaban J connectivity index is 0.000000156. The highest BCUT2D eigenvalue weighted by Crippen LogP contribution is 2.35. The van der Waals surface area contributed by atoms with Gasteiger partial charge >= 0.3 is 17.9 Å². The Hall–Kier alpha value is -15.8. The number of methoxy groups -OCH3 is 3. The van der Waals surface area contributed by atoms with Gasteiger partial charge in [-0.1, -0.05) is 124 Å². The van der Waals surface area contributed by atoms with Crippen LogP contribution in [0.3, 0.4) is 0 Å². The van der Waals surface area contributed by atoms with Gasteiger partial charge in [0.2, 0.25) is 0 Å². The van der Waals surface area contributed by atoms with Crippen LogP contribution in [0.25, 0.3) is 20.9 Å². The summed E-state index contributed by atoms with van der Waals surface area (Å²) in [5.74, 6) is -0.661. The molecule has 0 unspecified atom stereocenters. The number of nitrogens with two attached hydrogens (primary N) is 1. The Bertz CT molecular complexity index is 6730. The lowest BCUT2D eigenvalue weighted by Gasteiger charge is -2.31. The maximum absolute atomic E-state index is 14.2. The van der Waals surface area contributed by atoms with E-state index in [-0.39, 0.29) is 88.8 Å².